The van der Waals surface area contributed by atoms with Crippen LogP contribution in [0.3, 0.4) is 0 Å². The van der Waals surface area contributed by atoms with E-state index in [0.29, 0.717) is 17.1 Å². The van der Waals surface area contributed by atoms with Crippen molar-refractivity contribution in [1.82, 2.24) is 0 Å². The molecule has 0 saturated heterocycles. The molecule has 0 amide bonds. The zero-order valence-electron chi connectivity index (χ0n) is 15.8. The van der Waals surface area contributed by atoms with Crippen LogP contribution in [0.5, 0.6) is 11.5 Å². The molecular weight excluding hydrogens is 374 g/mol. The molecule has 3 aromatic carbocycles. The second-order valence-corrected chi connectivity index (χ2v) is 6.62. The molecule has 0 radical (unpaired) electrons. The van der Waals surface area contributed by atoms with E-state index in [1.54, 1.807) is 14.2 Å². The number of ether oxygens (including phenoxy) is 2. The molecule has 144 valence electrons. The minimum Gasteiger partial charge on any atom is -0.493 e. The molecule has 1 aliphatic rings. The van der Waals surface area contributed by atoms with Gasteiger partial charge in [-0.25, -0.2) is 0 Å². The quantitative estimate of drug-likeness (QED) is 0.642. The second kappa shape index (κ2) is 8.05. The van der Waals surface area contributed by atoms with E-state index in [2.05, 4.69) is 6.07 Å². The number of benzene rings is 3. The summed E-state index contributed by atoms with van der Waals surface area (Å²) in [5, 5.41) is 0. The number of halogens is 1. The van der Waals surface area contributed by atoms with Crippen LogP contribution in [0.25, 0.3) is 11.1 Å². The van der Waals surface area contributed by atoms with E-state index in [-0.39, 0.29) is 30.7 Å². The number of hydrogen-bond donors (Lipinski definition) is 1. The first kappa shape index (κ1) is 19.9. The van der Waals surface area contributed by atoms with E-state index in [1.807, 2.05) is 54.6 Å². The number of Topliss-reactive ketones (excluding diaryl/α,β-unsaturated/α-hetero) is 1. The Morgan fingerprint density at radius 2 is 1.64 bits per heavy atom. The van der Waals surface area contributed by atoms with Crippen molar-refractivity contribution in [2.45, 2.75) is 12.5 Å². The smallest absolute Gasteiger partial charge is 0.167 e. The standard InChI is InChI=1S/C23H21NO3.ClH/c1-26-20-11-10-14(13-21(20)27-2)12-19(25)18-9-5-8-16-15-6-3-4-7-17(15)23(24)22(16)18;/h3-11,13,23H,12,24H2,1-2H3;1H. The summed E-state index contributed by atoms with van der Waals surface area (Å²) in [5.41, 5.74) is 12.2. The van der Waals surface area contributed by atoms with Crippen molar-refractivity contribution in [3.63, 3.8) is 0 Å². The highest BCUT2D eigenvalue weighted by atomic mass is 35.5. The molecule has 1 unspecified atom stereocenters. The van der Waals surface area contributed by atoms with E-state index >= 15 is 0 Å². The number of nitrogens with two attached hydrogens (primary N) is 1. The maximum absolute atomic E-state index is 13.1. The maximum Gasteiger partial charge on any atom is 0.167 e. The first-order chi connectivity index (χ1) is 13.1. The average Bonchev–Trinajstić information content (AvgIpc) is 3.00. The fourth-order valence-corrected chi connectivity index (χ4v) is 3.82. The van der Waals surface area contributed by atoms with Crippen LogP contribution in [0.15, 0.2) is 60.7 Å². The molecule has 5 heteroatoms. The lowest BCUT2D eigenvalue weighted by Gasteiger charge is -2.13. The second-order valence-electron chi connectivity index (χ2n) is 6.62. The van der Waals surface area contributed by atoms with Crippen LogP contribution in [0.2, 0.25) is 0 Å². The lowest BCUT2D eigenvalue weighted by atomic mass is 9.93. The summed E-state index contributed by atoms with van der Waals surface area (Å²) in [6, 6.07) is 19.2. The number of carbonyl (C=O) groups is 1. The number of rotatable bonds is 5. The molecule has 0 aliphatic heterocycles. The summed E-state index contributed by atoms with van der Waals surface area (Å²) in [5.74, 6) is 1.30. The van der Waals surface area contributed by atoms with Gasteiger partial charge in [0.1, 0.15) is 0 Å². The van der Waals surface area contributed by atoms with Crippen LogP contribution in [-0.4, -0.2) is 20.0 Å². The molecule has 0 saturated carbocycles. The monoisotopic (exact) mass is 395 g/mol. The Balaban J connectivity index is 0.00000225. The van der Waals surface area contributed by atoms with Gasteiger partial charge in [-0.1, -0.05) is 48.5 Å². The van der Waals surface area contributed by atoms with Crippen molar-refractivity contribution < 1.29 is 14.3 Å². The number of methoxy groups -OCH3 is 2. The average molecular weight is 396 g/mol. The van der Waals surface area contributed by atoms with Gasteiger partial charge in [-0.15, -0.1) is 12.4 Å². The lowest BCUT2D eigenvalue weighted by molar-refractivity contribution is 0.0992. The SMILES string of the molecule is COc1ccc(CC(=O)c2cccc3c2C(N)c2ccccc2-3)cc1OC.Cl. The molecule has 0 bridgehead atoms. The molecule has 28 heavy (non-hydrogen) atoms. The molecular formula is C23H22ClNO3. The molecule has 4 nitrogen and oxygen atoms in total. The summed E-state index contributed by atoms with van der Waals surface area (Å²) in [6.07, 6.45) is 0.278. The molecule has 0 aromatic heterocycles. The van der Waals surface area contributed by atoms with Gasteiger partial charge in [0, 0.05) is 12.0 Å². The summed E-state index contributed by atoms with van der Waals surface area (Å²) in [6.45, 7) is 0. The van der Waals surface area contributed by atoms with Crippen molar-refractivity contribution in [1.29, 1.82) is 0 Å². The molecule has 0 spiro atoms. The Hall–Kier alpha value is -2.82. The Morgan fingerprint density at radius 3 is 2.39 bits per heavy atom. The van der Waals surface area contributed by atoms with Crippen LogP contribution in [0.4, 0.5) is 0 Å². The molecule has 0 fully saturated rings. The molecule has 0 heterocycles. The van der Waals surface area contributed by atoms with Crippen LogP contribution in [0.1, 0.15) is 33.1 Å². The van der Waals surface area contributed by atoms with Crippen molar-refractivity contribution in [3.8, 4) is 22.6 Å². The van der Waals surface area contributed by atoms with Gasteiger partial charge in [-0.2, -0.15) is 0 Å². The van der Waals surface area contributed by atoms with E-state index in [1.165, 1.54) is 0 Å². The summed E-state index contributed by atoms with van der Waals surface area (Å²) in [4.78, 5) is 13.1. The van der Waals surface area contributed by atoms with E-state index in [9.17, 15) is 4.79 Å². The molecule has 1 atom stereocenters. The highest BCUT2D eigenvalue weighted by Crippen LogP contribution is 2.43. The van der Waals surface area contributed by atoms with Crippen LogP contribution >= 0.6 is 12.4 Å². The number of fused-ring (bicyclic) bond motifs is 3. The molecule has 1 aliphatic carbocycles. The number of ketones is 1. The lowest BCUT2D eigenvalue weighted by Crippen LogP contribution is -2.14. The summed E-state index contributed by atoms with van der Waals surface area (Å²) < 4.78 is 10.6. The highest BCUT2D eigenvalue weighted by molar-refractivity contribution is 6.02. The maximum atomic E-state index is 13.1. The van der Waals surface area contributed by atoms with Crippen molar-refractivity contribution in [3.05, 3.63) is 82.9 Å². The first-order valence-corrected chi connectivity index (χ1v) is 8.86. The van der Waals surface area contributed by atoms with Crippen LogP contribution in [-0.2, 0) is 6.42 Å². The van der Waals surface area contributed by atoms with Gasteiger partial charge in [0.2, 0.25) is 0 Å². The number of hydrogen-bond acceptors (Lipinski definition) is 4. The first-order valence-electron chi connectivity index (χ1n) is 8.86. The normalized spacial score (nSPS) is 13.9. The van der Waals surface area contributed by atoms with Gasteiger partial charge in [-0.05, 0) is 39.9 Å². The third-order valence-electron chi connectivity index (χ3n) is 5.12. The molecule has 3 aromatic rings. The van der Waals surface area contributed by atoms with Crippen LogP contribution in [0, 0.1) is 0 Å². The van der Waals surface area contributed by atoms with Gasteiger partial charge < -0.3 is 15.2 Å². The van der Waals surface area contributed by atoms with E-state index in [0.717, 1.165) is 27.8 Å². The highest BCUT2D eigenvalue weighted by Gasteiger charge is 2.29. The zero-order chi connectivity index (χ0) is 19.0. The van der Waals surface area contributed by atoms with Gasteiger partial charge >= 0.3 is 0 Å². The Morgan fingerprint density at radius 1 is 0.929 bits per heavy atom. The summed E-state index contributed by atoms with van der Waals surface area (Å²) >= 11 is 0. The Kier molecular flexibility index (Phi) is 5.73. The Bertz CT molecular complexity index is 1030. The molecule has 2 N–H and O–H groups in total. The number of carbonyl (C=O) groups excluding carboxylic acids is 1. The van der Waals surface area contributed by atoms with Crippen molar-refractivity contribution in [2.24, 2.45) is 5.73 Å². The van der Waals surface area contributed by atoms with E-state index < -0.39 is 0 Å². The molecule has 4 rings (SSSR count). The fraction of sp³-hybridized carbons (Fsp3) is 0.174. The topological polar surface area (TPSA) is 61.5 Å². The summed E-state index contributed by atoms with van der Waals surface area (Å²) in [7, 11) is 3.18. The third-order valence-corrected chi connectivity index (χ3v) is 5.12. The Labute approximate surface area is 170 Å². The van der Waals surface area contributed by atoms with Gasteiger partial charge in [0.05, 0.1) is 20.3 Å². The van der Waals surface area contributed by atoms with Crippen LogP contribution < -0.4 is 15.2 Å². The van der Waals surface area contributed by atoms with Crippen molar-refractivity contribution in [2.75, 3.05) is 14.2 Å². The third kappa shape index (κ3) is 3.26. The minimum atomic E-state index is -0.276. The van der Waals surface area contributed by atoms with Gasteiger partial charge in [0.15, 0.2) is 17.3 Å². The fourth-order valence-electron chi connectivity index (χ4n) is 3.82. The largest absolute Gasteiger partial charge is 0.493 e. The van der Waals surface area contributed by atoms with Crippen molar-refractivity contribution >= 4 is 18.2 Å². The predicted molar refractivity (Wildman–Crippen MR) is 113 cm³/mol. The predicted octanol–water partition coefficient (Wildman–Crippen LogP) is 4.58. The van der Waals surface area contributed by atoms with E-state index in [4.69, 9.17) is 15.2 Å². The van der Waals surface area contributed by atoms with Gasteiger partial charge in [-0.3, -0.25) is 4.79 Å². The minimum absolute atomic E-state index is 0. The zero-order valence-corrected chi connectivity index (χ0v) is 16.6. The van der Waals surface area contributed by atoms with Gasteiger partial charge in [0.25, 0.3) is 0 Å².